The molecule has 0 bridgehead atoms. The molecule has 2 nitrogen and oxygen atoms in total. The van der Waals surface area contributed by atoms with Gasteiger partial charge in [0.2, 0.25) is 0 Å². The Morgan fingerprint density at radius 3 is 1.77 bits per heavy atom. The number of carboxylic acids is 1. The first-order chi connectivity index (χ1) is 5.71. The number of carbonyl (C=O) groups is 1. The molecule has 0 fully saturated rings. The molecular weight excluding hydrogens is 192 g/mol. The summed E-state index contributed by atoms with van der Waals surface area (Å²) in [5.41, 5.74) is -2.12. The third-order valence-corrected chi connectivity index (χ3v) is 1.46. The van der Waals surface area contributed by atoms with Crippen molar-refractivity contribution in [3.63, 3.8) is 0 Å². The van der Waals surface area contributed by atoms with Crippen molar-refractivity contribution in [2.45, 2.75) is 19.8 Å². The van der Waals surface area contributed by atoms with Gasteiger partial charge in [-0.2, -0.15) is 8.78 Å². The Hall–Kier alpha value is -1.07. The second kappa shape index (κ2) is 3.76. The lowest BCUT2D eigenvalue weighted by Gasteiger charge is -2.19. The van der Waals surface area contributed by atoms with Crippen molar-refractivity contribution >= 4 is 5.97 Å². The van der Waals surface area contributed by atoms with E-state index in [1.54, 1.807) is 0 Å². The van der Waals surface area contributed by atoms with E-state index in [1.165, 1.54) is 0 Å². The van der Waals surface area contributed by atoms with Gasteiger partial charge >= 0.3 is 5.97 Å². The van der Waals surface area contributed by atoms with Crippen LogP contribution in [0.1, 0.15) is 13.8 Å². The van der Waals surface area contributed by atoms with Crippen molar-refractivity contribution in [3.8, 4) is 0 Å². The second-order valence-corrected chi connectivity index (χ2v) is 2.72. The topological polar surface area (TPSA) is 37.3 Å². The van der Waals surface area contributed by atoms with E-state index in [2.05, 4.69) is 0 Å². The molecule has 0 heterocycles. The van der Waals surface area contributed by atoms with Gasteiger partial charge in [0.1, 0.15) is 0 Å². The standard InChI is InChI=1S/C7H8F4O2/c1-3(2)7(10,11)4(5(8)9)6(12)13/h3H,1-2H3,(H,12,13). The van der Waals surface area contributed by atoms with Gasteiger partial charge in [-0.3, -0.25) is 0 Å². The minimum absolute atomic E-state index is 0.964. The number of alkyl halides is 2. The van der Waals surface area contributed by atoms with E-state index < -0.39 is 29.5 Å². The van der Waals surface area contributed by atoms with E-state index >= 15 is 0 Å². The molecule has 6 heteroatoms. The number of carboxylic acid groups (broad SMARTS) is 1. The lowest BCUT2D eigenvalue weighted by atomic mass is 9.99. The zero-order valence-electron chi connectivity index (χ0n) is 6.94. The Kier molecular flexibility index (Phi) is 3.45. The van der Waals surface area contributed by atoms with Crippen LogP contribution in [0.4, 0.5) is 17.6 Å². The number of halogens is 4. The van der Waals surface area contributed by atoms with Crippen LogP contribution in [-0.4, -0.2) is 17.0 Å². The van der Waals surface area contributed by atoms with Crippen LogP contribution in [0.3, 0.4) is 0 Å². The van der Waals surface area contributed by atoms with Gasteiger partial charge in [-0.1, -0.05) is 13.8 Å². The Balaban J connectivity index is 5.22. The molecule has 0 amide bonds. The summed E-state index contributed by atoms with van der Waals surface area (Å²) in [5.74, 6) is -7.79. The highest BCUT2D eigenvalue weighted by atomic mass is 19.3. The van der Waals surface area contributed by atoms with Gasteiger partial charge in [-0.15, -0.1) is 0 Å². The summed E-state index contributed by atoms with van der Waals surface area (Å²) in [4.78, 5) is 10.1. The quantitative estimate of drug-likeness (QED) is 0.561. The minimum atomic E-state index is -4.01. The van der Waals surface area contributed by atoms with E-state index in [4.69, 9.17) is 5.11 Å². The van der Waals surface area contributed by atoms with Crippen molar-refractivity contribution in [1.82, 2.24) is 0 Å². The molecule has 0 aliphatic heterocycles. The molecule has 0 saturated carbocycles. The second-order valence-electron chi connectivity index (χ2n) is 2.72. The number of hydrogen-bond acceptors (Lipinski definition) is 1. The maximum Gasteiger partial charge on any atom is 0.343 e. The molecule has 0 aliphatic rings. The summed E-state index contributed by atoms with van der Waals surface area (Å²) >= 11 is 0. The molecule has 1 N–H and O–H groups in total. The van der Waals surface area contributed by atoms with Crippen LogP contribution in [0.5, 0.6) is 0 Å². The van der Waals surface area contributed by atoms with Crippen molar-refractivity contribution < 1.29 is 27.5 Å². The summed E-state index contributed by atoms with van der Waals surface area (Å²) in [7, 11) is 0. The largest absolute Gasteiger partial charge is 0.478 e. The van der Waals surface area contributed by atoms with Crippen LogP contribution >= 0.6 is 0 Å². The highest BCUT2D eigenvalue weighted by Gasteiger charge is 2.45. The number of rotatable bonds is 3. The lowest BCUT2D eigenvalue weighted by molar-refractivity contribution is -0.138. The van der Waals surface area contributed by atoms with Gasteiger partial charge in [0.05, 0.1) is 0 Å². The summed E-state index contributed by atoms with van der Waals surface area (Å²) in [6.45, 7) is 1.93. The molecule has 0 unspecified atom stereocenters. The number of aliphatic carboxylic acids is 1. The lowest BCUT2D eigenvalue weighted by Crippen LogP contribution is -2.31. The van der Waals surface area contributed by atoms with Gasteiger partial charge in [-0.05, 0) is 0 Å². The van der Waals surface area contributed by atoms with Gasteiger partial charge in [-0.25, -0.2) is 13.6 Å². The van der Waals surface area contributed by atoms with Crippen molar-refractivity contribution in [2.75, 3.05) is 0 Å². The van der Waals surface area contributed by atoms with Crippen LogP contribution in [0.2, 0.25) is 0 Å². The molecule has 0 aliphatic carbocycles. The molecule has 0 spiro atoms. The Bertz CT molecular complexity index is 241. The summed E-state index contributed by atoms with van der Waals surface area (Å²) in [5, 5.41) is 8.11. The predicted octanol–water partition coefficient (Wildman–Crippen LogP) is 2.51. The van der Waals surface area contributed by atoms with Crippen molar-refractivity contribution in [1.29, 1.82) is 0 Å². The fraction of sp³-hybridized carbons (Fsp3) is 0.571. The Labute approximate surface area is 71.9 Å². The molecular formula is C7H8F4O2. The van der Waals surface area contributed by atoms with E-state index in [9.17, 15) is 22.4 Å². The van der Waals surface area contributed by atoms with Gasteiger partial charge < -0.3 is 5.11 Å². The molecule has 0 aromatic heterocycles. The van der Waals surface area contributed by atoms with Crippen LogP contribution < -0.4 is 0 Å². The van der Waals surface area contributed by atoms with Crippen LogP contribution in [0.15, 0.2) is 11.7 Å². The normalized spacial score (nSPS) is 11.6. The monoisotopic (exact) mass is 200 g/mol. The van der Waals surface area contributed by atoms with Crippen LogP contribution in [0, 0.1) is 5.92 Å². The molecule has 0 radical (unpaired) electrons. The van der Waals surface area contributed by atoms with Crippen molar-refractivity contribution in [2.24, 2.45) is 5.92 Å². The molecule has 0 aromatic carbocycles. The Morgan fingerprint density at radius 2 is 1.69 bits per heavy atom. The summed E-state index contributed by atoms with van der Waals surface area (Å²) in [6.07, 6.45) is -2.86. The average Bonchev–Trinajstić information content (AvgIpc) is 1.82. The summed E-state index contributed by atoms with van der Waals surface area (Å²) in [6, 6.07) is 0. The molecule has 13 heavy (non-hydrogen) atoms. The highest BCUT2D eigenvalue weighted by Crippen LogP contribution is 2.34. The highest BCUT2D eigenvalue weighted by molar-refractivity contribution is 5.88. The predicted molar refractivity (Wildman–Crippen MR) is 36.7 cm³/mol. The first-order valence-corrected chi connectivity index (χ1v) is 3.38. The van der Waals surface area contributed by atoms with Crippen LogP contribution in [0.25, 0.3) is 0 Å². The van der Waals surface area contributed by atoms with E-state index in [1.807, 2.05) is 0 Å². The smallest absolute Gasteiger partial charge is 0.343 e. The summed E-state index contributed by atoms with van der Waals surface area (Å²) < 4.78 is 49.2. The first kappa shape index (κ1) is 11.9. The molecule has 0 aromatic rings. The maximum absolute atomic E-state index is 12.8. The van der Waals surface area contributed by atoms with Gasteiger partial charge in [0.25, 0.3) is 12.0 Å². The van der Waals surface area contributed by atoms with E-state index in [0.29, 0.717) is 0 Å². The zero-order chi connectivity index (χ0) is 10.8. The molecule has 0 atom stereocenters. The van der Waals surface area contributed by atoms with E-state index in [0.717, 1.165) is 13.8 Å². The van der Waals surface area contributed by atoms with Gasteiger partial charge in [0.15, 0.2) is 5.57 Å². The fourth-order valence-electron chi connectivity index (χ4n) is 0.638. The molecule has 0 saturated heterocycles. The zero-order valence-corrected chi connectivity index (χ0v) is 6.94. The van der Waals surface area contributed by atoms with Gasteiger partial charge in [0, 0.05) is 5.92 Å². The fourth-order valence-corrected chi connectivity index (χ4v) is 0.638. The SMILES string of the molecule is CC(C)C(F)(F)C(C(=O)O)=C(F)F. The van der Waals surface area contributed by atoms with Crippen LogP contribution in [-0.2, 0) is 4.79 Å². The third-order valence-electron chi connectivity index (χ3n) is 1.46. The number of hydrogen-bond donors (Lipinski definition) is 1. The maximum atomic E-state index is 12.8. The average molecular weight is 200 g/mol. The third kappa shape index (κ3) is 2.43. The first-order valence-electron chi connectivity index (χ1n) is 3.38. The minimum Gasteiger partial charge on any atom is -0.478 e. The molecule has 0 rings (SSSR count). The Morgan fingerprint density at radius 1 is 1.31 bits per heavy atom. The molecule has 76 valence electrons. The van der Waals surface area contributed by atoms with Crippen molar-refractivity contribution in [3.05, 3.63) is 11.7 Å². The van der Waals surface area contributed by atoms with E-state index in [-0.39, 0.29) is 0 Å².